The molecule has 0 aromatic carbocycles. The van der Waals surface area contributed by atoms with Crippen molar-refractivity contribution in [2.45, 2.75) is 39.7 Å². The first kappa shape index (κ1) is 17.8. The number of carboxylic acid groups (broad SMARTS) is 1. The minimum Gasteiger partial charge on any atom is -0.481 e. The Kier molecular flexibility index (Phi) is 5.05. The van der Waals surface area contributed by atoms with Crippen LogP contribution >= 0.6 is 22.7 Å². The number of piperidine rings is 1. The lowest BCUT2D eigenvalue weighted by atomic mass is 9.91. The minimum atomic E-state index is -0.745. The van der Waals surface area contributed by atoms with Crippen LogP contribution in [-0.2, 0) is 9.59 Å². The summed E-state index contributed by atoms with van der Waals surface area (Å²) in [6.07, 6.45) is 1.55. The molecule has 3 heterocycles. The van der Waals surface area contributed by atoms with Gasteiger partial charge in [-0.05, 0) is 26.7 Å². The highest BCUT2D eigenvalue weighted by Crippen LogP contribution is 2.38. The number of anilines is 2. The molecule has 1 fully saturated rings. The Hall–Kier alpha value is -2.00. The minimum absolute atomic E-state index is 0.0879. The lowest BCUT2D eigenvalue weighted by Gasteiger charge is -2.37. The molecule has 9 heteroatoms. The van der Waals surface area contributed by atoms with Gasteiger partial charge in [0.05, 0.1) is 22.2 Å². The molecule has 2 unspecified atom stereocenters. The van der Waals surface area contributed by atoms with Crippen LogP contribution in [0.25, 0.3) is 10.6 Å². The number of aryl methyl sites for hydroxylation is 1. The van der Waals surface area contributed by atoms with Crippen LogP contribution < -0.4 is 10.2 Å². The quantitative estimate of drug-likeness (QED) is 0.845. The molecule has 1 saturated heterocycles. The van der Waals surface area contributed by atoms with E-state index in [1.807, 2.05) is 19.2 Å². The summed E-state index contributed by atoms with van der Waals surface area (Å²) in [7, 11) is 0. The molecule has 0 spiro atoms. The molecular formula is C16H20N4O3S2. The zero-order valence-electron chi connectivity index (χ0n) is 14.3. The fourth-order valence-electron chi connectivity index (χ4n) is 3.07. The molecule has 2 aromatic rings. The Balaban J connectivity index is 1.86. The first-order valence-electron chi connectivity index (χ1n) is 8.07. The van der Waals surface area contributed by atoms with Gasteiger partial charge in [-0.3, -0.25) is 9.59 Å². The Morgan fingerprint density at radius 1 is 1.40 bits per heavy atom. The maximum atomic E-state index is 11.4. The second-order valence-corrected chi connectivity index (χ2v) is 7.99. The summed E-state index contributed by atoms with van der Waals surface area (Å²) in [6, 6.07) is -0.0879. The molecule has 1 aliphatic heterocycles. The topological polar surface area (TPSA) is 95.4 Å². The Bertz CT molecular complexity index is 801. The van der Waals surface area contributed by atoms with Gasteiger partial charge in [0.25, 0.3) is 0 Å². The van der Waals surface area contributed by atoms with Gasteiger partial charge in [0.2, 0.25) is 5.91 Å². The summed E-state index contributed by atoms with van der Waals surface area (Å²) in [5, 5.41) is 15.4. The summed E-state index contributed by atoms with van der Waals surface area (Å²) >= 11 is 2.90. The van der Waals surface area contributed by atoms with Crippen LogP contribution in [0.2, 0.25) is 0 Å². The van der Waals surface area contributed by atoms with Gasteiger partial charge < -0.3 is 15.3 Å². The van der Waals surface area contributed by atoms with E-state index in [0.29, 0.717) is 11.6 Å². The monoisotopic (exact) mass is 380 g/mol. The van der Waals surface area contributed by atoms with E-state index in [9.17, 15) is 14.7 Å². The van der Waals surface area contributed by atoms with Gasteiger partial charge in [-0.25, -0.2) is 9.97 Å². The number of hydrogen-bond acceptors (Lipinski definition) is 7. The van der Waals surface area contributed by atoms with Gasteiger partial charge in [-0.2, -0.15) is 0 Å². The number of nitrogens with zero attached hydrogens (tertiary/aromatic N) is 3. The van der Waals surface area contributed by atoms with Gasteiger partial charge in [0.1, 0.15) is 0 Å². The Labute approximate surface area is 153 Å². The molecule has 0 bridgehead atoms. The van der Waals surface area contributed by atoms with Crippen molar-refractivity contribution in [2.75, 3.05) is 16.8 Å². The number of thiazole rings is 2. The van der Waals surface area contributed by atoms with Crippen molar-refractivity contribution < 1.29 is 14.7 Å². The largest absolute Gasteiger partial charge is 0.481 e. The van der Waals surface area contributed by atoms with Crippen molar-refractivity contribution in [3.63, 3.8) is 0 Å². The summed E-state index contributed by atoms with van der Waals surface area (Å²) in [5.41, 5.74) is 1.65. The number of amides is 1. The summed E-state index contributed by atoms with van der Waals surface area (Å²) in [6.45, 7) is 6.14. The fourth-order valence-corrected chi connectivity index (χ4v) is 5.04. The third kappa shape index (κ3) is 3.67. The summed E-state index contributed by atoms with van der Waals surface area (Å²) < 4.78 is 0. The number of aromatic nitrogens is 2. The molecule has 1 aliphatic rings. The van der Waals surface area contributed by atoms with Crippen molar-refractivity contribution in [1.29, 1.82) is 0 Å². The third-order valence-corrected chi connectivity index (χ3v) is 6.33. The first-order chi connectivity index (χ1) is 11.9. The van der Waals surface area contributed by atoms with E-state index in [1.165, 1.54) is 29.6 Å². The van der Waals surface area contributed by atoms with E-state index in [-0.39, 0.29) is 17.9 Å². The zero-order chi connectivity index (χ0) is 18.1. The smallest absolute Gasteiger partial charge is 0.308 e. The van der Waals surface area contributed by atoms with Gasteiger partial charge in [0, 0.05) is 24.9 Å². The highest BCUT2D eigenvalue weighted by atomic mass is 32.1. The molecule has 134 valence electrons. The highest BCUT2D eigenvalue weighted by molar-refractivity contribution is 7.19. The van der Waals surface area contributed by atoms with Crippen LogP contribution in [0, 0.1) is 12.8 Å². The molecule has 0 saturated carbocycles. The van der Waals surface area contributed by atoms with Crippen LogP contribution in [-0.4, -0.2) is 39.5 Å². The second-order valence-electron chi connectivity index (χ2n) is 6.15. The molecule has 2 aromatic heterocycles. The molecule has 2 atom stereocenters. The molecule has 2 N–H and O–H groups in total. The highest BCUT2D eigenvalue weighted by Gasteiger charge is 2.34. The molecule has 0 aliphatic carbocycles. The van der Waals surface area contributed by atoms with Crippen LogP contribution in [0.4, 0.5) is 10.3 Å². The molecule has 3 rings (SSSR count). The van der Waals surface area contributed by atoms with Crippen LogP contribution in [0.1, 0.15) is 32.4 Å². The van der Waals surface area contributed by atoms with E-state index >= 15 is 0 Å². The van der Waals surface area contributed by atoms with Crippen molar-refractivity contribution in [1.82, 2.24) is 9.97 Å². The van der Waals surface area contributed by atoms with Crippen LogP contribution in [0.5, 0.6) is 0 Å². The average molecular weight is 380 g/mol. The number of rotatable bonds is 4. The van der Waals surface area contributed by atoms with Crippen molar-refractivity contribution in [2.24, 2.45) is 5.92 Å². The standard InChI is InChI=1S/C16H20N4O3S2/c1-8-13(12-7-24-15(19-12)18-10(3)21)25-16(17-8)20-6-4-5-11(9(20)2)14(22)23/h7,9,11H,4-6H2,1-3H3,(H,22,23)(H,18,19,21). The number of hydrogen-bond donors (Lipinski definition) is 2. The molecular weight excluding hydrogens is 360 g/mol. The molecule has 1 amide bonds. The fraction of sp³-hybridized carbons (Fsp3) is 0.500. The lowest BCUT2D eigenvalue weighted by molar-refractivity contribution is -0.143. The predicted octanol–water partition coefficient (Wildman–Crippen LogP) is 3.22. The number of carbonyl (C=O) groups is 2. The van der Waals surface area contributed by atoms with Crippen molar-refractivity contribution in [3.8, 4) is 10.6 Å². The van der Waals surface area contributed by atoms with E-state index in [2.05, 4.69) is 20.2 Å². The van der Waals surface area contributed by atoms with Gasteiger partial charge >= 0.3 is 5.97 Å². The zero-order valence-corrected chi connectivity index (χ0v) is 15.9. The number of carbonyl (C=O) groups excluding carboxylic acids is 1. The van der Waals surface area contributed by atoms with Crippen LogP contribution in [0.3, 0.4) is 0 Å². The maximum Gasteiger partial charge on any atom is 0.308 e. The molecule has 25 heavy (non-hydrogen) atoms. The van der Waals surface area contributed by atoms with Crippen molar-refractivity contribution in [3.05, 3.63) is 11.1 Å². The lowest BCUT2D eigenvalue weighted by Crippen LogP contribution is -2.46. The van der Waals surface area contributed by atoms with Crippen LogP contribution in [0.15, 0.2) is 5.38 Å². The number of aliphatic carboxylic acids is 1. The average Bonchev–Trinajstić information content (AvgIpc) is 3.13. The first-order valence-corrected chi connectivity index (χ1v) is 9.76. The van der Waals surface area contributed by atoms with Gasteiger partial charge in [-0.15, -0.1) is 11.3 Å². The van der Waals surface area contributed by atoms with E-state index in [1.54, 1.807) is 0 Å². The van der Waals surface area contributed by atoms with E-state index in [4.69, 9.17) is 0 Å². The molecule has 0 radical (unpaired) electrons. The predicted molar refractivity (Wildman–Crippen MR) is 99.4 cm³/mol. The maximum absolute atomic E-state index is 11.4. The third-order valence-electron chi connectivity index (χ3n) is 4.36. The SMILES string of the molecule is CC(=O)Nc1nc(-c2sc(N3CCCC(C(=O)O)C3C)nc2C)cs1. The number of nitrogens with one attached hydrogen (secondary N) is 1. The van der Waals surface area contributed by atoms with E-state index < -0.39 is 5.97 Å². The number of carboxylic acids is 1. The Morgan fingerprint density at radius 3 is 2.84 bits per heavy atom. The van der Waals surface area contributed by atoms with Gasteiger partial charge in [0.15, 0.2) is 10.3 Å². The van der Waals surface area contributed by atoms with Crippen molar-refractivity contribution >= 4 is 44.8 Å². The van der Waals surface area contributed by atoms with E-state index in [0.717, 1.165) is 34.4 Å². The normalized spacial score (nSPS) is 20.5. The summed E-state index contributed by atoms with van der Waals surface area (Å²) in [4.78, 5) is 34.7. The summed E-state index contributed by atoms with van der Waals surface area (Å²) in [5.74, 6) is -1.26. The van der Waals surface area contributed by atoms with Gasteiger partial charge in [-0.1, -0.05) is 11.3 Å². The molecule has 7 nitrogen and oxygen atoms in total. The Morgan fingerprint density at radius 2 is 2.16 bits per heavy atom. The second kappa shape index (κ2) is 7.09.